The van der Waals surface area contributed by atoms with Crippen LogP contribution in [-0.4, -0.2) is 22.8 Å². The van der Waals surface area contributed by atoms with E-state index in [2.05, 4.69) is 9.98 Å². The molecule has 0 amide bonds. The first-order chi connectivity index (χ1) is 7.86. The van der Waals surface area contributed by atoms with E-state index in [0.717, 1.165) is 11.3 Å². The van der Waals surface area contributed by atoms with Gasteiger partial charge in [-0.05, 0) is 17.7 Å². The van der Waals surface area contributed by atoms with Gasteiger partial charge in [0, 0.05) is 12.4 Å². The van der Waals surface area contributed by atoms with Crippen LogP contribution in [0.1, 0.15) is 17.4 Å². The fraction of sp³-hybridized carbons (Fsp3) is 0.154. The molecule has 0 saturated heterocycles. The first kappa shape index (κ1) is 10.6. The molecule has 2 N–H and O–H groups in total. The maximum Gasteiger partial charge on any atom is 0.0985 e. The van der Waals surface area contributed by atoms with Crippen LogP contribution in [0.25, 0.3) is 0 Å². The first-order valence-electron chi connectivity index (χ1n) is 5.22. The highest BCUT2D eigenvalue weighted by atomic mass is 16.3. The summed E-state index contributed by atoms with van der Waals surface area (Å²) in [5.74, 6) is 0. The predicted molar refractivity (Wildman–Crippen MR) is 64.7 cm³/mol. The Morgan fingerprint density at radius 3 is 2.69 bits per heavy atom. The minimum Gasteiger partial charge on any atom is -0.386 e. The van der Waals surface area contributed by atoms with Gasteiger partial charge in [0.25, 0.3) is 0 Å². The molecule has 0 aliphatic heterocycles. The summed E-state index contributed by atoms with van der Waals surface area (Å²) in [5, 5.41) is 9.83. The molecule has 0 bridgehead atoms. The van der Waals surface area contributed by atoms with Gasteiger partial charge in [0.1, 0.15) is 0 Å². The number of nitrogens with zero attached hydrogens (tertiary/aromatic N) is 1. The van der Waals surface area contributed by atoms with Crippen molar-refractivity contribution < 1.29 is 5.11 Å². The van der Waals surface area contributed by atoms with E-state index in [0.29, 0.717) is 6.54 Å². The molecular formula is C13H14N2O. The van der Waals surface area contributed by atoms with E-state index in [1.54, 1.807) is 6.21 Å². The van der Waals surface area contributed by atoms with Crippen LogP contribution < -0.4 is 0 Å². The smallest absolute Gasteiger partial charge is 0.0985 e. The molecule has 2 rings (SSSR count). The Hall–Kier alpha value is -1.87. The topological polar surface area (TPSA) is 48.4 Å². The molecule has 3 nitrogen and oxygen atoms in total. The van der Waals surface area contributed by atoms with Gasteiger partial charge in [-0.25, -0.2) is 0 Å². The summed E-state index contributed by atoms with van der Waals surface area (Å²) < 4.78 is 0. The molecule has 1 atom stereocenters. The molecule has 0 fully saturated rings. The van der Waals surface area contributed by atoms with Crippen LogP contribution in [0, 0.1) is 0 Å². The third kappa shape index (κ3) is 2.81. The van der Waals surface area contributed by atoms with Crippen LogP contribution in [0.15, 0.2) is 53.7 Å². The number of benzene rings is 1. The van der Waals surface area contributed by atoms with Crippen molar-refractivity contribution in [2.75, 3.05) is 6.54 Å². The van der Waals surface area contributed by atoms with Gasteiger partial charge in [-0.1, -0.05) is 30.3 Å². The molecule has 16 heavy (non-hydrogen) atoms. The van der Waals surface area contributed by atoms with Crippen LogP contribution in [0.5, 0.6) is 0 Å². The number of aliphatic hydroxyl groups excluding tert-OH is 1. The Labute approximate surface area is 94.5 Å². The molecule has 2 aromatic rings. The fourth-order valence-corrected chi connectivity index (χ4v) is 1.46. The minimum absolute atomic E-state index is 0.378. The van der Waals surface area contributed by atoms with Crippen molar-refractivity contribution >= 4 is 6.21 Å². The molecule has 82 valence electrons. The largest absolute Gasteiger partial charge is 0.386 e. The lowest BCUT2D eigenvalue weighted by Gasteiger charge is -2.06. The second-order valence-electron chi connectivity index (χ2n) is 3.55. The van der Waals surface area contributed by atoms with Gasteiger partial charge >= 0.3 is 0 Å². The molecule has 0 radical (unpaired) electrons. The summed E-state index contributed by atoms with van der Waals surface area (Å²) in [5.41, 5.74) is 1.84. The maximum absolute atomic E-state index is 9.83. The molecule has 0 aliphatic rings. The average molecular weight is 214 g/mol. The average Bonchev–Trinajstić information content (AvgIpc) is 2.83. The van der Waals surface area contributed by atoms with Crippen LogP contribution >= 0.6 is 0 Å². The van der Waals surface area contributed by atoms with Crippen molar-refractivity contribution in [3.8, 4) is 0 Å². The Morgan fingerprint density at radius 1 is 1.19 bits per heavy atom. The summed E-state index contributed by atoms with van der Waals surface area (Å²) in [6.07, 6.45) is 3.04. The predicted octanol–water partition coefficient (Wildman–Crippen LogP) is 2.17. The molecule has 1 heterocycles. The standard InChI is InChI=1S/C13H14N2O/c16-13(11-5-2-1-3-6-11)10-14-9-12-7-4-8-15-12/h1-9,13,15-16H,10H2/t13-/m0/s1. The van der Waals surface area contributed by atoms with E-state index >= 15 is 0 Å². The van der Waals surface area contributed by atoms with Crippen molar-refractivity contribution in [3.63, 3.8) is 0 Å². The third-order valence-corrected chi connectivity index (χ3v) is 2.32. The van der Waals surface area contributed by atoms with E-state index < -0.39 is 6.10 Å². The molecule has 0 unspecified atom stereocenters. The Balaban J connectivity index is 1.91. The minimum atomic E-state index is -0.535. The summed E-state index contributed by atoms with van der Waals surface area (Å²) in [6.45, 7) is 0.378. The zero-order valence-electron chi connectivity index (χ0n) is 8.88. The SMILES string of the molecule is O[C@@H](CN=Cc1ccc[nH]1)c1ccccc1. The number of rotatable bonds is 4. The lowest BCUT2D eigenvalue weighted by atomic mass is 10.1. The van der Waals surface area contributed by atoms with Gasteiger partial charge in [0.2, 0.25) is 0 Å². The highest BCUT2D eigenvalue weighted by Crippen LogP contribution is 2.11. The fourth-order valence-electron chi connectivity index (χ4n) is 1.46. The first-order valence-corrected chi connectivity index (χ1v) is 5.22. The van der Waals surface area contributed by atoms with Crippen LogP contribution in [0.2, 0.25) is 0 Å². The summed E-state index contributed by atoms with van der Waals surface area (Å²) in [7, 11) is 0. The van der Waals surface area contributed by atoms with Crippen molar-refractivity contribution in [3.05, 3.63) is 59.9 Å². The van der Waals surface area contributed by atoms with Crippen molar-refractivity contribution in [1.82, 2.24) is 4.98 Å². The van der Waals surface area contributed by atoms with Gasteiger partial charge in [-0.3, -0.25) is 4.99 Å². The Morgan fingerprint density at radius 2 is 2.00 bits per heavy atom. The zero-order chi connectivity index (χ0) is 11.2. The number of H-pyrrole nitrogens is 1. The number of nitrogens with one attached hydrogen (secondary N) is 1. The van der Waals surface area contributed by atoms with Gasteiger partial charge in [-0.2, -0.15) is 0 Å². The van der Waals surface area contributed by atoms with Crippen LogP contribution in [0.4, 0.5) is 0 Å². The van der Waals surface area contributed by atoms with Crippen LogP contribution in [0.3, 0.4) is 0 Å². The number of hydrogen-bond acceptors (Lipinski definition) is 2. The third-order valence-electron chi connectivity index (χ3n) is 2.32. The summed E-state index contributed by atoms with van der Waals surface area (Å²) in [4.78, 5) is 7.20. The van der Waals surface area contributed by atoms with Gasteiger partial charge in [0.15, 0.2) is 0 Å². The second kappa shape index (κ2) is 5.28. The number of aromatic amines is 1. The molecular weight excluding hydrogens is 200 g/mol. The summed E-state index contributed by atoms with van der Waals surface area (Å²) in [6, 6.07) is 13.4. The van der Waals surface area contributed by atoms with Crippen molar-refractivity contribution in [2.45, 2.75) is 6.10 Å². The van der Waals surface area contributed by atoms with E-state index in [4.69, 9.17) is 0 Å². The van der Waals surface area contributed by atoms with E-state index in [9.17, 15) is 5.11 Å². The summed E-state index contributed by atoms with van der Waals surface area (Å²) >= 11 is 0. The quantitative estimate of drug-likeness (QED) is 0.753. The molecule has 1 aromatic carbocycles. The number of aromatic nitrogens is 1. The Kier molecular flexibility index (Phi) is 3.51. The molecule has 3 heteroatoms. The van der Waals surface area contributed by atoms with Gasteiger partial charge in [0.05, 0.1) is 18.3 Å². The van der Waals surface area contributed by atoms with Gasteiger partial charge in [-0.15, -0.1) is 0 Å². The number of aliphatic imine (C=N–C) groups is 1. The van der Waals surface area contributed by atoms with Crippen molar-refractivity contribution in [1.29, 1.82) is 0 Å². The van der Waals surface area contributed by atoms with Gasteiger partial charge < -0.3 is 10.1 Å². The van der Waals surface area contributed by atoms with Crippen LogP contribution in [-0.2, 0) is 0 Å². The lowest BCUT2D eigenvalue weighted by Crippen LogP contribution is -2.01. The van der Waals surface area contributed by atoms with E-state index in [1.165, 1.54) is 0 Å². The molecule has 0 spiro atoms. The van der Waals surface area contributed by atoms with E-state index in [1.807, 2.05) is 48.7 Å². The lowest BCUT2D eigenvalue weighted by molar-refractivity contribution is 0.187. The molecule has 0 saturated carbocycles. The highest BCUT2D eigenvalue weighted by Gasteiger charge is 2.04. The maximum atomic E-state index is 9.83. The number of aliphatic hydroxyl groups is 1. The second-order valence-corrected chi connectivity index (χ2v) is 3.55. The van der Waals surface area contributed by atoms with Crippen molar-refractivity contribution in [2.24, 2.45) is 4.99 Å². The Bertz CT molecular complexity index is 434. The molecule has 1 aromatic heterocycles. The number of hydrogen-bond donors (Lipinski definition) is 2. The molecule has 0 aliphatic carbocycles. The zero-order valence-corrected chi connectivity index (χ0v) is 8.88. The highest BCUT2D eigenvalue weighted by molar-refractivity contribution is 5.76. The normalized spacial score (nSPS) is 13.1. The van der Waals surface area contributed by atoms with E-state index in [-0.39, 0.29) is 0 Å². The monoisotopic (exact) mass is 214 g/mol.